The van der Waals surface area contributed by atoms with Crippen molar-refractivity contribution in [1.29, 1.82) is 0 Å². The van der Waals surface area contributed by atoms with Crippen LogP contribution in [0.3, 0.4) is 0 Å². The van der Waals surface area contributed by atoms with Crippen LogP contribution in [-0.2, 0) is 6.54 Å². The average molecular weight is 251 g/mol. The number of nitro groups is 1. The Morgan fingerprint density at radius 1 is 1.56 bits per heavy atom. The van der Waals surface area contributed by atoms with Crippen LogP contribution in [0.5, 0.6) is 0 Å². The summed E-state index contributed by atoms with van der Waals surface area (Å²) in [6.07, 6.45) is 1.62. The maximum Gasteiger partial charge on any atom is 0.306 e. The zero-order valence-electron chi connectivity index (χ0n) is 9.50. The largest absolute Gasteiger partial charge is 0.314 e. The minimum Gasteiger partial charge on any atom is -0.314 e. The first-order chi connectivity index (χ1) is 8.61. The van der Waals surface area contributed by atoms with Gasteiger partial charge in [0.05, 0.1) is 22.5 Å². The van der Waals surface area contributed by atoms with Gasteiger partial charge in [0.25, 0.3) is 0 Å². The van der Waals surface area contributed by atoms with Gasteiger partial charge in [-0.05, 0) is 19.2 Å². The maximum absolute atomic E-state index is 13.2. The summed E-state index contributed by atoms with van der Waals surface area (Å²) in [4.78, 5) is 9.85. The molecule has 7 nitrogen and oxygen atoms in total. The van der Waals surface area contributed by atoms with Gasteiger partial charge < -0.3 is 5.32 Å². The first-order valence-corrected chi connectivity index (χ1v) is 5.12. The van der Waals surface area contributed by atoms with Gasteiger partial charge in [-0.15, -0.1) is 5.10 Å². The summed E-state index contributed by atoms with van der Waals surface area (Å²) in [6.45, 7) is 0.531. The SMILES string of the molecule is CNCc1cn(-c2ccc(F)c([N+](=O)[O-])c2)nn1. The molecule has 1 heterocycles. The van der Waals surface area contributed by atoms with Crippen LogP contribution < -0.4 is 5.32 Å². The molecule has 0 saturated heterocycles. The fourth-order valence-electron chi connectivity index (χ4n) is 1.47. The highest BCUT2D eigenvalue weighted by atomic mass is 19.1. The van der Waals surface area contributed by atoms with E-state index >= 15 is 0 Å². The molecule has 2 aromatic rings. The zero-order valence-corrected chi connectivity index (χ0v) is 9.50. The third kappa shape index (κ3) is 2.33. The number of rotatable bonds is 4. The molecule has 1 aromatic heterocycles. The van der Waals surface area contributed by atoms with Gasteiger partial charge in [-0.25, -0.2) is 4.68 Å². The van der Waals surface area contributed by atoms with E-state index in [4.69, 9.17) is 0 Å². The highest BCUT2D eigenvalue weighted by Crippen LogP contribution is 2.20. The lowest BCUT2D eigenvalue weighted by atomic mass is 10.2. The monoisotopic (exact) mass is 251 g/mol. The maximum atomic E-state index is 13.2. The van der Waals surface area contributed by atoms with E-state index in [1.807, 2.05) is 0 Å². The molecule has 1 N–H and O–H groups in total. The van der Waals surface area contributed by atoms with Crippen LogP contribution in [0.15, 0.2) is 24.4 Å². The fourth-order valence-corrected chi connectivity index (χ4v) is 1.47. The lowest BCUT2D eigenvalue weighted by molar-refractivity contribution is -0.387. The molecule has 94 valence electrons. The second-order valence-electron chi connectivity index (χ2n) is 3.58. The summed E-state index contributed by atoms with van der Waals surface area (Å²) in [6, 6.07) is 3.56. The Balaban J connectivity index is 2.38. The normalized spacial score (nSPS) is 10.6. The smallest absolute Gasteiger partial charge is 0.306 e. The van der Waals surface area contributed by atoms with E-state index in [2.05, 4.69) is 15.6 Å². The molecule has 0 radical (unpaired) electrons. The molecule has 2 rings (SSSR count). The van der Waals surface area contributed by atoms with Gasteiger partial charge in [0.15, 0.2) is 0 Å². The van der Waals surface area contributed by atoms with E-state index in [1.165, 1.54) is 10.7 Å². The van der Waals surface area contributed by atoms with Crippen LogP contribution in [0.25, 0.3) is 5.69 Å². The van der Waals surface area contributed by atoms with Crippen molar-refractivity contribution < 1.29 is 9.31 Å². The van der Waals surface area contributed by atoms with Gasteiger partial charge in [0.1, 0.15) is 0 Å². The number of hydrogen-bond acceptors (Lipinski definition) is 5. The standard InChI is InChI=1S/C10H10FN5O2/c1-12-5-7-6-15(14-13-7)8-2-3-9(11)10(4-8)16(17)18/h2-4,6,12H,5H2,1H3. The fraction of sp³-hybridized carbons (Fsp3) is 0.200. The predicted octanol–water partition coefficient (Wildman–Crippen LogP) is 1.03. The molecule has 0 aliphatic carbocycles. The Kier molecular flexibility index (Phi) is 3.28. The van der Waals surface area contributed by atoms with E-state index in [9.17, 15) is 14.5 Å². The molecule has 0 unspecified atom stereocenters. The summed E-state index contributed by atoms with van der Waals surface area (Å²) in [5.74, 6) is -0.876. The van der Waals surface area contributed by atoms with E-state index in [1.54, 1.807) is 13.2 Å². The number of aromatic nitrogens is 3. The molecule has 1 aromatic carbocycles. The summed E-state index contributed by atoms with van der Waals surface area (Å²) >= 11 is 0. The second-order valence-corrected chi connectivity index (χ2v) is 3.58. The molecular weight excluding hydrogens is 241 g/mol. The van der Waals surface area contributed by atoms with Gasteiger partial charge in [-0.3, -0.25) is 10.1 Å². The number of nitrogens with one attached hydrogen (secondary N) is 1. The van der Waals surface area contributed by atoms with Crippen molar-refractivity contribution >= 4 is 5.69 Å². The molecule has 0 fully saturated rings. The molecule has 0 atom stereocenters. The van der Waals surface area contributed by atoms with Crippen molar-refractivity contribution in [3.05, 3.63) is 46.0 Å². The third-order valence-electron chi connectivity index (χ3n) is 2.29. The van der Waals surface area contributed by atoms with Crippen molar-refractivity contribution in [2.45, 2.75) is 6.54 Å². The average Bonchev–Trinajstić information content (AvgIpc) is 2.78. The minimum atomic E-state index is -0.876. The van der Waals surface area contributed by atoms with Crippen LogP contribution in [-0.4, -0.2) is 27.0 Å². The minimum absolute atomic E-state index is 0.387. The third-order valence-corrected chi connectivity index (χ3v) is 2.29. The Morgan fingerprint density at radius 3 is 3.00 bits per heavy atom. The Morgan fingerprint density at radius 2 is 2.33 bits per heavy atom. The van der Waals surface area contributed by atoms with Gasteiger partial charge in [-0.2, -0.15) is 4.39 Å². The summed E-state index contributed by atoms with van der Waals surface area (Å²) in [7, 11) is 1.77. The van der Waals surface area contributed by atoms with Crippen LogP contribution in [0, 0.1) is 15.9 Å². The molecule has 0 aliphatic rings. The molecule has 0 amide bonds. The van der Waals surface area contributed by atoms with Crippen LogP contribution in [0.2, 0.25) is 0 Å². The van der Waals surface area contributed by atoms with Crippen molar-refractivity contribution in [3.8, 4) is 5.69 Å². The molecule has 8 heteroatoms. The first kappa shape index (κ1) is 12.1. The predicted molar refractivity (Wildman–Crippen MR) is 60.7 cm³/mol. The summed E-state index contributed by atoms with van der Waals surface area (Å²) in [5.41, 5.74) is 0.487. The van der Waals surface area contributed by atoms with Gasteiger partial charge >= 0.3 is 5.69 Å². The number of nitrogens with zero attached hydrogens (tertiary/aromatic N) is 4. The van der Waals surface area contributed by atoms with E-state index in [0.29, 0.717) is 17.9 Å². The van der Waals surface area contributed by atoms with Crippen LogP contribution >= 0.6 is 0 Å². The lowest BCUT2D eigenvalue weighted by Gasteiger charge is -2.00. The quantitative estimate of drug-likeness (QED) is 0.648. The molecule has 0 saturated carbocycles. The first-order valence-electron chi connectivity index (χ1n) is 5.12. The van der Waals surface area contributed by atoms with E-state index < -0.39 is 16.4 Å². The molecule has 0 bridgehead atoms. The number of hydrogen-bond donors (Lipinski definition) is 1. The lowest BCUT2D eigenvalue weighted by Crippen LogP contribution is -2.05. The zero-order chi connectivity index (χ0) is 13.1. The second kappa shape index (κ2) is 4.88. The summed E-state index contributed by atoms with van der Waals surface area (Å²) in [5, 5.41) is 21.2. The molecule has 18 heavy (non-hydrogen) atoms. The molecular formula is C10H10FN5O2. The topological polar surface area (TPSA) is 85.9 Å². The highest BCUT2D eigenvalue weighted by molar-refractivity contribution is 5.43. The van der Waals surface area contributed by atoms with Crippen molar-refractivity contribution in [1.82, 2.24) is 20.3 Å². The molecule has 0 aliphatic heterocycles. The van der Waals surface area contributed by atoms with Crippen LogP contribution in [0.1, 0.15) is 5.69 Å². The number of nitro benzene ring substituents is 1. The van der Waals surface area contributed by atoms with Crippen LogP contribution in [0.4, 0.5) is 10.1 Å². The van der Waals surface area contributed by atoms with E-state index in [-0.39, 0.29) is 0 Å². The number of halogens is 1. The van der Waals surface area contributed by atoms with Crippen molar-refractivity contribution in [3.63, 3.8) is 0 Å². The highest BCUT2D eigenvalue weighted by Gasteiger charge is 2.15. The Labute approximate surface area is 101 Å². The van der Waals surface area contributed by atoms with Crippen molar-refractivity contribution in [2.75, 3.05) is 7.05 Å². The van der Waals surface area contributed by atoms with Gasteiger partial charge in [-0.1, -0.05) is 5.21 Å². The van der Waals surface area contributed by atoms with Crippen molar-refractivity contribution in [2.24, 2.45) is 0 Å². The molecule has 0 spiro atoms. The summed E-state index contributed by atoms with van der Waals surface area (Å²) < 4.78 is 14.5. The van der Waals surface area contributed by atoms with E-state index in [0.717, 1.165) is 12.1 Å². The number of benzene rings is 1. The van der Waals surface area contributed by atoms with Gasteiger partial charge in [0.2, 0.25) is 5.82 Å². The Bertz CT molecular complexity index is 583. The van der Waals surface area contributed by atoms with Gasteiger partial charge in [0, 0.05) is 12.6 Å². The Hall–Kier alpha value is -2.35.